The number of rotatable bonds is 1. The molecule has 28 heavy (non-hydrogen) atoms. The third kappa shape index (κ3) is 2.20. The summed E-state index contributed by atoms with van der Waals surface area (Å²) in [6.45, 7) is 2.07. The van der Waals surface area contributed by atoms with Gasteiger partial charge in [-0.1, -0.05) is 66.7 Å². The van der Waals surface area contributed by atoms with Crippen LogP contribution in [0.5, 0.6) is 0 Å². The largest absolute Gasteiger partial charge is 0.254 e. The molecule has 0 N–H and O–H groups in total. The van der Waals surface area contributed by atoms with Crippen molar-refractivity contribution in [2.75, 3.05) is 0 Å². The number of aromatic nitrogens is 2. The molecule has 2 nitrogen and oxygen atoms in total. The molecule has 0 atom stereocenters. The fraction of sp³-hybridized carbons (Fsp3) is 0.0400. The van der Waals surface area contributed by atoms with E-state index in [1.54, 1.807) is 0 Å². The Morgan fingerprint density at radius 1 is 0.786 bits per heavy atom. The molecule has 6 rings (SSSR count). The first kappa shape index (κ1) is 15.7. The summed E-state index contributed by atoms with van der Waals surface area (Å²) in [5, 5.41) is 5.04. The second-order valence-corrected chi connectivity index (χ2v) is 8.20. The smallest absolute Gasteiger partial charge is 0.0980 e. The van der Waals surface area contributed by atoms with Crippen LogP contribution in [0, 0.1) is 6.92 Å². The number of hydrogen-bond donors (Lipinski definition) is 0. The van der Waals surface area contributed by atoms with Crippen LogP contribution in [0.2, 0.25) is 0 Å². The molecule has 3 aromatic heterocycles. The molecule has 3 aromatic carbocycles. The fourth-order valence-corrected chi connectivity index (χ4v) is 5.37. The second-order valence-electron chi connectivity index (χ2n) is 7.18. The van der Waals surface area contributed by atoms with Crippen molar-refractivity contribution in [1.29, 1.82) is 0 Å². The molecule has 0 aliphatic carbocycles. The van der Waals surface area contributed by atoms with Gasteiger partial charge in [-0.2, -0.15) is 0 Å². The number of aryl methyl sites for hydroxylation is 1. The lowest BCUT2D eigenvalue weighted by atomic mass is 10.0. The Hall–Kier alpha value is -3.30. The summed E-state index contributed by atoms with van der Waals surface area (Å²) in [6.07, 6.45) is 1.94. The van der Waals surface area contributed by atoms with Crippen molar-refractivity contribution in [3.05, 3.63) is 84.6 Å². The van der Waals surface area contributed by atoms with Gasteiger partial charge < -0.3 is 0 Å². The molecule has 0 fully saturated rings. The minimum atomic E-state index is 0.958. The minimum absolute atomic E-state index is 0.958. The molecule has 6 aromatic rings. The molecule has 0 amide bonds. The van der Waals surface area contributed by atoms with Gasteiger partial charge in [0.15, 0.2) is 0 Å². The zero-order valence-corrected chi connectivity index (χ0v) is 16.1. The van der Waals surface area contributed by atoms with Crippen LogP contribution < -0.4 is 0 Å². The summed E-state index contributed by atoms with van der Waals surface area (Å²) in [7, 11) is 0. The highest BCUT2D eigenvalue weighted by Crippen LogP contribution is 2.44. The van der Waals surface area contributed by atoms with Crippen LogP contribution in [-0.2, 0) is 0 Å². The van der Waals surface area contributed by atoms with Gasteiger partial charge in [-0.05, 0) is 29.3 Å². The fourth-order valence-electron chi connectivity index (χ4n) is 4.02. The average molecular weight is 376 g/mol. The number of fused-ring (bicyclic) bond motifs is 7. The van der Waals surface area contributed by atoms with Gasteiger partial charge in [0.05, 0.1) is 21.4 Å². The molecule has 132 valence electrons. The topological polar surface area (TPSA) is 25.8 Å². The summed E-state index contributed by atoms with van der Waals surface area (Å²) >= 11 is 1.83. The molecular formula is C25H16N2S. The Labute approximate surface area is 166 Å². The van der Waals surface area contributed by atoms with E-state index in [4.69, 9.17) is 9.97 Å². The normalized spacial score (nSPS) is 11.8. The van der Waals surface area contributed by atoms with Crippen LogP contribution in [0.25, 0.3) is 53.2 Å². The maximum absolute atomic E-state index is 5.06. The van der Waals surface area contributed by atoms with Crippen LogP contribution >= 0.6 is 11.3 Å². The van der Waals surface area contributed by atoms with Crippen molar-refractivity contribution in [3.8, 4) is 11.3 Å². The molecule has 0 aliphatic rings. The van der Waals surface area contributed by atoms with Crippen LogP contribution in [0.15, 0.2) is 79.0 Å². The molecule has 0 bridgehead atoms. The molecule has 0 unspecified atom stereocenters. The van der Waals surface area contributed by atoms with E-state index >= 15 is 0 Å². The lowest BCUT2D eigenvalue weighted by molar-refractivity contribution is 1.31. The first-order valence-electron chi connectivity index (χ1n) is 9.35. The van der Waals surface area contributed by atoms with Crippen molar-refractivity contribution < 1.29 is 0 Å². The molecular weight excluding hydrogens is 360 g/mol. The van der Waals surface area contributed by atoms with Crippen molar-refractivity contribution in [2.45, 2.75) is 6.92 Å². The van der Waals surface area contributed by atoms with Crippen molar-refractivity contribution in [3.63, 3.8) is 0 Å². The Morgan fingerprint density at radius 2 is 1.61 bits per heavy atom. The maximum Gasteiger partial charge on any atom is 0.0980 e. The molecule has 3 heterocycles. The molecule has 0 saturated heterocycles. The molecule has 3 heteroatoms. The summed E-state index contributed by atoms with van der Waals surface area (Å²) < 4.78 is 2.52. The summed E-state index contributed by atoms with van der Waals surface area (Å²) in [6, 6.07) is 25.7. The highest BCUT2D eigenvalue weighted by atomic mass is 32.1. The monoisotopic (exact) mass is 376 g/mol. The van der Waals surface area contributed by atoms with Crippen molar-refractivity contribution in [2.24, 2.45) is 0 Å². The average Bonchev–Trinajstić information content (AvgIpc) is 3.14. The van der Waals surface area contributed by atoms with E-state index in [1.807, 2.05) is 23.6 Å². The van der Waals surface area contributed by atoms with Gasteiger partial charge in [-0.3, -0.25) is 4.98 Å². The van der Waals surface area contributed by atoms with E-state index in [9.17, 15) is 0 Å². The van der Waals surface area contributed by atoms with Crippen LogP contribution in [0.3, 0.4) is 0 Å². The SMILES string of the molecule is Cc1cnc2c(c1)nc(-c1ccccc1)c1sc3c4ccccc4ccc3c12. The van der Waals surface area contributed by atoms with E-state index in [2.05, 4.69) is 73.7 Å². The standard InChI is InChI=1S/C25H16N2S/c1-15-13-20-23(26-14-15)21-19-12-11-16-7-5-6-10-18(16)24(19)28-25(21)22(27-20)17-8-3-2-4-9-17/h2-14H,1H3. The zero-order valence-electron chi connectivity index (χ0n) is 15.3. The summed E-state index contributed by atoms with van der Waals surface area (Å²) in [5.41, 5.74) is 5.26. The predicted molar refractivity (Wildman–Crippen MR) is 120 cm³/mol. The molecule has 0 aliphatic heterocycles. The highest BCUT2D eigenvalue weighted by molar-refractivity contribution is 7.27. The Balaban J connectivity index is 1.88. The first-order chi connectivity index (χ1) is 13.8. The van der Waals surface area contributed by atoms with E-state index in [1.165, 1.54) is 30.9 Å². The quantitative estimate of drug-likeness (QED) is 0.305. The number of benzene rings is 3. The van der Waals surface area contributed by atoms with E-state index in [0.29, 0.717) is 0 Å². The van der Waals surface area contributed by atoms with E-state index in [-0.39, 0.29) is 0 Å². The third-order valence-corrected chi connectivity index (χ3v) is 6.56. The second kappa shape index (κ2) is 5.85. The molecule has 0 saturated carbocycles. The van der Waals surface area contributed by atoms with Gasteiger partial charge in [0.2, 0.25) is 0 Å². The summed E-state index contributed by atoms with van der Waals surface area (Å²) in [5.74, 6) is 0. The van der Waals surface area contributed by atoms with Gasteiger partial charge in [0.25, 0.3) is 0 Å². The van der Waals surface area contributed by atoms with Gasteiger partial charge in [0.1, 0.15) is 0 Å². The Bertz CT molecular complexity index is 1510. The minimum Gasteiger partial charge on any atom is -0.254 e. The number of thiophene rings is 1. The van der Waals surface area contributed by atoms with Gasteiger partial charge >= 0.3 is 0 Å². The number of nitrogens with zero attached hydrogens (tertiary/aromatic N) is 2. The van der Waals surface area contributed by atoms with E-state index < -0.39 is 0 Å². The van der Waals surface area contributed by atoms with Gasteiger partial charge in [-0.15, -0.1) is 11.3 Å². The third-order valence-electron chi connectivity index (χ3n) is 5.32. The summed E-state index contributed by atoms with van der Waals surface area (Å²) in [4.78, 5) is 9.85. The van der Waals surface area contributed by atoms with Crippen molar-refractivity contribution in [1.82, 2.24) is 9.97 Å². The van der Waals surface area contributed by atoms with E-state index in [0.717, 1.165) is 27.9 Å². The Kier molecular flexibility index (Phi) is 3.28. The van der Waals surface area contributed by atoms with Crippen molar-refractivity contribution >= 4 is 53.3 Å². The molecule has 0 radical (unpaired) electrons. The highest BCUT2D eigenvalue weighted by Gasteiger charge is 2.18. The molecule has 0 spiro atoms. The van der Waals surface area contributed by atoms with Gasteiger partial charge in [0, 0.05) is 27.2 Å². The predicted octanol–water partition coefficient (Wildman–Crippen LogP) is 7.13. The number of hydrogen-bond acceptors (Lipinski definition) is 3. The van der Waals surface area contributed by atoms with Gasteiger partial charge in [-0.25, -0.2) is 4.98 Å². The first-order valence-corrected chi connectivity index (χ1v) is 10.2. The Morgan fingerprint density at radius 3 is 2.50 bits per heavy atom. The maximum atomic E-state index is 5.06. The van der Waals surface area contributed by atoms with Crippen LogP contribution in [-0.4, -0.2) is 9.97 Å². The van der Waals surface area contributed by atoms with Crippen LogP contribution in [0.4, 0.5) is 0 Å². The lowest BCUT2D eigenvalue weighted by Crippen LogP contribution is -1.90. The lowest BCUT2D eigenvalue weighted by Gasteiger charge is -2.07. The van der Waals surface area contributed by atoms with Crippen LogP contribution in [0.1, 0.15) is 5.56 Å². The zero-order chi connectivity index (χ0) is 18.7. The number of pyridine rings is 2.